The molecule has 0 aliphatic carbocycles. The number of thioether (sulfide) groups is 1. The summed E-state index contributed by atoms with van der Waals surface area (Å²) >= 11 is 1.36. The van der Waals surface area contributed by atoms with E-state index in [1.165, 1.54) is 11.8 Å². The maximum absolute atomic E-state index is 12.0. The van der Waals surface area contributed by atoms with Gasteiger partial charge in [0, 0.05) is 11.4 Å². The summed E-state index contributed by atoms with van der Waals surface area (Å²) in [6.45, 7) is 5.83. The highest BCUT2D eigenvalue weighted by Gasteiger charge is 2.10. The third-order valence-electron chi connectivity index (χ3n) is 2.97. The van der Waals surface area contributed by atoms with E-state index in [-0.39, 0.29) is 11.9 Å². The molecule has 0 unspecified atom stereocenters. The molecule has 2 aromatic rings. The second kappa shape index (κ2) is 7.22. The van der Waals surface area contributed by atoms with Gasteiger partial charge in [-0.3, -0.25) is 4.79 Å². The van der Waals surface area contributed by atoms with Crippen molar-refractivity contribution >= 4 is 17.7 Å². The van der Waals surface area contributed by atoms with Gasteiger partial charge in [0.2, 0.25) is 5.91 Å². The molecule has 0 fully saturated rings. The Balaban J connectivity index is 1.87. The smallest absolute Gasteiger partial charge is 0.230 e. The van der Waals surface area contributed by atoms with E-state index in [1.807, 2.05) is 57.2 Å². The molecule has 1 atom stereocenters. The fraction of sp³-hybridized carbons (Fsp3) is 0.312. The number of nitrogens with zero attached hydrogens (tertiary/aromatic N) is 2. The highest BCUT2D eigenvalue weighted by atomic mass is 32.2. The van der Waals surface area contributed by atoms with Crippen LogP contribution in [0.3, 0.4) is 0 Å². The van der Waals surface area contributed by atoms with Crippen LogP contribution in [-0.4, -0.2) is 21.6 Å². The predicted molar refractivity (Wildman–Crippen MR) is 85.2 cm³/mol. The molecule has 1 amide bonds. The molecule has 1 aromatic carbocycles. The highest BCUT2D eigenvalue weighted by Crippen LogP contribution is 2.15. The van der Waals surface area contributed by atoms with Gasteiger partial charge in [-0.2, -0.15) is 0 Å². The lowest BCUT2D eigenvalue weighted by Gasteiger charge is -2.13. The molecule has 0 spiro atoms. The van der Waals surface area contributed by atoms with Crippen molar-refractivity contribution in [3.05, 3.63) is 53.3 Å². The summed E-state index contributed by atoms with van der Waals surface area (Å²) in [5, 5.41) is 3.63. The van der Waals surface area contributed by atoms with Crippen LogP contribution in [0.5, 0.6) is 0 Å². The topological polar surface area (TPSA) is 54.9 Å². The standard InChI is InChI=1S/C16H19N3OS/c1-11-9-12(2)18-16(17-11)21-10-15(20)19-13(3)14-7-5-4-6-8-14/h4-9,13H,10H2,1-3H3,(H,19,20)/t13-/m0/s1. The molecular formula is C16H19N3OS. The molecule has 0 saturated heterocycles. The molecule has 0 aliphatic rings. The van der Waals surface area contributed by atoms with Gasteiger partial charge in [0.05, 0.1) is 11.8 Å². The van der Waals surface area contributed by atoms with Crippen LogP contribution in [0.1, 0.15) is 29.9 Å². The van der Waals surface area contributed by atoms with E-state index in [0.29, 0.717) is 10.9 Å². The Kier molecular flexibility index (Phi) is 5.33. The molecule has 0 bridgehead atoms. The van der Waals surface area contributed by atoms with Crippen LogP contribution in [0.2, 0.25) is 0 Å². The van der Waals surface area contributed by atoms with Crippen LogP contribution < -0.4 is 5.32 Å². The van der Waals surface area contributed by atoms with Crippen molar-refractivity contribution in [3.8, 4) is 0 Å². The first kappa shape index (κ1) is 15.5. The fourth-order valence-corrected chi connectivity index (χ4v) is 2.76. The van der Waals surface area contributed by atoms with Gasteiger partial charge in [-0.25, -0.2) is 9.97 Å². The minimum Gasteiger partial charge on any atom is -0.349 e. The lowest BCUT2D eigenvalue weighted by atomic mass is 10.1. The maximum atomic E-state index is 12.0. The molecule has 2 rings (SSSR count). The van der Waals surface area contributed by atoms with Crippen molar-refractivity contribution in [1.29, 1.82) is 0 Å². The lowest BCUT2D eigenvalue weighted by Crippen LogP contribution is -2.28. The minimum absolute atomic E-state index is 0.000496. The van der Waals surface area contributed by atoms with Crippen LogP contribution in [0.15, 0.2) is 41.6 Å². The highest BCUT2D eigenvalue weighted by molar-refractivity contribution is 7.99. The molecule has 5 heteroatoms. The normalized spacial score (nSPS) is 12.0. The molecule has 4 nitrogen and oxygen atoms in total. The average Bonchev–Trinajstić information content (AvgIpc) is 2.45. The van der Waals surface area contributed by atoms with Crippen molar-refractivity contribution in [3.63, 3.8) is 0 Å². The van der Waals surface area contributed by atoms with Gasteiger partial charge in [-0.1, -0.05) is 42.1 Å². The van der Waals surface area contributed by atoms with Gasteiger partial charge in [0.25, 0.3) is 0 Å². The number of benzene rings is 1. The molecule has 0 saturated carbocycles. The Hall–Kier alpha value is -1.88. The number of nitrogens with one attached hydrogen (secondary N) is 1. The molecule has 1 heterocycles. The van der Waals surface area contributed by atoms with E-state index in [0.717, 1.165) is 17.0 Å². The largest absolute Gasteiger partial charge is 0.349 e. The summed E-state index contributed by atoms with van der Waals surface area (Å²) in [5.41, 5.74) is 2.93. The van der Waals surface area contributed by atoms with Gasteiger partial charge in [0.1, 0.15) is 0 Å². The van der Waals surface area contributed by atoms with Crippen LogP contribution in [0.25, 0.3) is 0 Å². The van der Waals surface area contributed by atoms with Gasteiger partial charge in [0.15, 0.2) is 5.16 Å². The number of aryl methyl sites for hydroxylation is 2. The van der Waals surface area contributed by atoms with E-state index in [2.05, 4.69) is 15.3 Å². The lowest BCUT2D eigenvalue weighted by molar-refractivity contribution is -0.119. The number of aromatic nitrogens is 2. The van der Waals surface area contributed by atoms with Crippen LogP contribution in [0, 0.1) is 13.8 Å². The quantitative estimate of drug-likeness (QED) is 0.681. The minimum atomic E-state index is -0.0147. The van der Waals surface area contributed by atoms with Gasteiger partial charge >= 0.3 is 0 Å². The number of amides is 1. The first-order chi connectivity index (χ1) is 10.0. The summed E-state index contributed by atoms with van der Waals surface area (Å²) in [5.74, 6) is 0.305. The number of carbonyl (C=O) groups excluding carboxylic acids is 1. The zero-order valence-electron chi connectivity index (χ0n) is 12.5. The second-order valence-corrected chi connectivity index (χ2v) is 5.86. The Morgan fingerprint density at radius 1 is 1.19 bits per heavy atom. The molecule has 0 radical (unpaired) electrons. The molecule has 1 N–H and O–H groups in total. The third-order valence-corrected chi connectivity index (χ3v) is 3.82. The fourth-order valence-electron chi connectivity index (χ4n) is 2.00. The second-order valence-electron chi connectivity index (χ2n) is 4.92. The number of hydrogen-bond donors (Lipinski definition) is 1. The summed E-state index contributed by atoms with van der Waals surface area (Å²) in [6, 6.07) is 11.8. The number of hydrogen-bond acceptors (Lipinski definition) is 4. The van der Waals surface area contributed by atoms with E-state index in [1.54, 1.807) is 0 Å². The van der Waals surface area contributed by atoms with E-state index in [9.17, 15) is 4.79 Å². The van der Waals surface area contributed by atoms with Crippen molar-refractivity contribution in [2.24, 2.45) is 0 Å². The first-order valence-corrected chi connectivity index (χ1v) is 7.82. The van der Waals surface area contributed by atoms with Crippen LogP contribution in [-0.2, 0) is 4.79 Å². The average molecular weight is 301 g/mol. The Morgan fingerprint density at radius 3 is 2.43 bits per heavy atom. The molecular weight excluding hydrogens is 282 g/mol. The molecule has 0 aliphatic heterocycles. The van der Waals surface area contributed by atoms with Crippen LogP contribution >= 0.6 is 11.8 Å². The van der Waals surface area contributed by atoms with Crippen molar-refractivity contribution in [1.82, 2.24) is 15.3 Å². The van der Waals surface area contributed by atoms with Gasteiger partial charge in [-0.15, -0.1) is 0 Å². The summed E-state index contributed by atoms with van der Waals surface area (Å²) in [4.78, 5) is 20.6. The summed E-state index contributed by atoms with van der Waals surface area (Å²) in [7, 11) is 0. The SMILES string of the molecule is Cc1cc(C)nc(SCC(=O)N[C@@H](C)c2ccccc2)n1. The van der Waals surface area contributed by atoms with Crippen molar-refractivity contribution in [2.75, 3.05) is 5.75 Å². The molecule has 110 valence electrons. The Labute approximate surface area is 129 Å². The molecule has 21 heavy (non-hydrogen) atoms. The number of rotatable bonds is 5. The van der Waals surface area contributed by atoms with Crippen molar-refractivity contribution < 1.29 is 4.79 Å². The zero-order chi connectivity index (χ0) is 15.2. The number of carbonyl (C=O) groups is 1. The van der Waals surface area contributed by atoms with E-state index >= 15 is 0 Å². The van der Waals surface area contributed by atoms with Gasteiger partial charge < -0.3 is 5.32 Å². The summed E-state index contributed by atoms with van der Waals surface area (Å²) in [6.07, 6.45) is 0. The predicted octanol–water partition coefficient (Wildman–Crippen LogP) is 3.06. The van der Waals surface area contributed by atoms with Gasteiger partial charge in [-0.05, 0) is 32.4 Å². The summed E-state index contributed by atoms with van der Waals surface area (Å²) < 4.78 is 0. The van der Waals surface area contributed by atoms with Crippen LogP contribution in [0.4, 0.5) is 0 Å². The van der Waals surface area contributed by atoms with E-state index < -0.39 is 0 Å². The maximum Gasteiger partial charge on any atom is 0.230 e. The van der Waals surface area contributed by atoms with Crippen molar-refractivity contribution in [2.45, 2.75) is 32.0 Å². The zero-order valence-corrected chi connectivity index (χ0v) is 13.3. The Bertz CT molecular complexity index is 596. The molecule has 1 aromatic heterocycles. The third kappa shape index (κ3) is 4.86. The first-order valence-electron chi connectivity index (χ1n) is 6.84. The Morgan fingerprint density at radius 2 is 1.81 bits per heavy atom. The monoisotopic (exact) mass is 301 g/mol. The van der Waals surface area contributed by atoms with E-state index in [4.69, 9.17) is 0 Å².